The summed E-state index contributed by atoms with van der Waals surface area (Å²) in [6.45, 7) is 0.519. The summed E-state index contributed by atoms with van der Waals surface area (Å²) in [5.74, 6) is -0.601. The number of carbonyl (C=O) groups excluding carboxylic acids is 1. The van der Waals surface area contributed by atoms with E-state index in [-0.39, 0.29) is 5.91 Å². The number of thioether (sulfide) groups is 1. The van der Waals surface area contributed by atoms with Gasteiger partial charge in [-0.3, -0.25) is 14.7 Å². The highest BCUT2D eigenvalue weighted by atomic mass is 127. The largest absolute Gasteiger partial charge is 0.480 e. The molecular formula is C26H20I2N2O4S. The molecule has 0 atom stereocenters. The van der Waals surface area contributed by atoms with Crippen LogP contribution in [0.25, 0.3) is 6.08 Å². The van der Waals surface area contributed by atoms with Crippen LogP contribution < -0.4 is 4.74 Å². The van der Waals surface area contributed by atoms with Crippen molar-refractivity contribution in [2.45, 2.75) is 13.1 Å². The molecule has 1 aliphatic rings. The number of nitrogens with zero attached hydrogens (tertiary/aromatic N) is 2. The third kappa shape index (κ3) is 6.85. The van der Waals surface area contributed by atoms with Gasteiger partial charge in [0.15, 0.2) is 11.8 Å². The number of rotatable bonds is 8. The Kier molecular flexibility index (Phi) is 8.84. The number of carboxylic acids is 1. The van der Waals surface area contributed by atoms with Crippen LogP contribution in [0.3, 0.4) is 0 Å². The van der Waals surface area contributed by atoms with E-state index in [0.717, 1.165) is 23.8 Å². The van der Waals surface area contributed by atoms with Gasteiger partial charge >= 0.3 is 5.97 Å². The zero-order valence-electron chi connectivity index (χ0n) is 18.4. The number of hydrogen-bond donors (Lipinski definition) is 1. The van der Waals surface area contributed by atoms with E-state index in [0.29, 0.717) is 28.9 Å². The molecule has 0 saturated carbocycles. The Morgan fingerprint density at radius 2 is 1.60 bits per heavy atom. The Labute approximate surface area is 234 Å². The van der Waals surface area contributed by atoms with Crippen molar-refractivity contribution in [1.82, 2.24) is 4.90 Å². The monoisotopic (exact) mass is 710 g/mol. The molecule has 3 aromatic rings. The zero-order valence-corrected chi connectivity index (χ0v) is 23.5. The van der Waals surface area contributed by atoms with Gasteiger partial charge in [-0.25, -0.2) is 4.79 Å². The minimum absolute atomic E-state index is 0.0955. The van der Waals surface area contributed by atoms with Crippen LogP contribution in [0.4, 0.5) is 0 Å². The molecule has 0 aliphatic carbocycles. The summed E-state index contributed by atoms with van der Waals surface area (Å²) in [4.78, 5) is 31.3. The van der Waals surface area contributed by atoms with Crippen LogP contribution in [0, 0.1) is 7.14 Å². The number of aliphatic carboxylic acids is 1. The molecule has 6 nitrogen and oxygen atoms in total. The van der Waals surface area contributed by atoms with Gasteiger partial charge in [-0.15, -0.1) is 0 Å². The summed E-state index contributed by atoms with van der Waals surface area (Å²) in [6.07, 6.45) is 1.85. The zero-order chi connectivity index (χ0) is 24.8. The maximum absolute atomic E-state index is 13.4. The van der Waals surface area contributed by atoms with E-state index >= 15 is 0 Å². The van der Waals surface area contributed by atoms with Crippen LogP contribution in [-0.2, 0) is 22.7 Å². The second-order valence-corrected chi connectivity index (χ2v) is 10.9. The Morgan fingerprint density at radius 1 is 1.00 bits per heavy atom. The molecule has 0 bridgehead atoms. The summed E-state index contributed by atoms with van der Waals surface area (Å²) in [6, 6.07) is 23.6. The minimum atomic E-state index is -1.03. The van der Waals surface area contributed by atoms with E-state index < -0.39 is 12.6 Å². The number of benzene rings is 3. The molecule has 1 saturated heterocycles. The van der Waals surface area contributed by atoms with Gasteiger partial charge in [0.1, 0.15) is 5.75 Å². The van der Waals surface area contributed by atoms with Crippen LogP contribution in [0.5, 0.6) is 5.75 Å². The summed E-state index contributed by atoms with van der Waals surface area (Å²) < 4.78 is 6.97. The molecule has 0 unspecified atom stereocenters. The fourth-order valence-corrected chi connectivity index (χ4v) is 6.46. The van der Waals surface area contributed by atoms with Gasteiger partial charge in [0, 0.05) is 0 Å². The van der Waals surface area contributed by atoms with Crippen LogP contribution in [0.15, 0.2) is 82.7 Å². The van der Waals surface area contributed by atoms with Crippen molar-refractivity contribution < 1.29 is 19.4 Å². The lowest BCUT2D eigenvalue weighted by molar-refractivity contribution is -0.139. The Hall–Kier alpha value is -2.38. The normalized spacial score (nSPS) is 15.7. The Balaban J connectivity index is 1.62. The van der Waals surface area contributed by atoms with Crippen molar-refractivity contribution >= 4 is 80.1 Å². The second kappa shape index (κ2) is 12.0. The smallest absolute Gasteiger partial charge is 0.341 e. The SMILES string of the molecule is O=C(O)COc1c(I)cc(/C=C2\SC(=NCc3ccccc3)N(Cc3ccccc3)C2=O)cc1I. The fourth-order valence-electron chi connectivity index (χ4n) is 3.36. The molecule has 0 aromatic heterocycles. The molecule has 1 heterocycles. The molecule has 35 heavy (non-hydrogen) atoms. The number of carbonyl (C=O) groups is 2. The summed E-state index contributed by atoms with van der Waals surface area (Å²) in [7, 11) is 0. The van der Waals surface area contributed by atoms with Gasteiger partial charge in [0.2, 0.25) is 0 Å². The number of ether oxygens (including phenoxy) is 1. The Morgan fingerprint density at radius 3 is 2.20 bits per heavy atom. The lowest BCUT2D eigenvalue weighted by atomic mass is 10.2. The van der Waals surface area contributed by atoms with Gasteiger partial charge in [-0.1, -0.05) is 60.7 Å². The van der Waals surface area contributed by atoms with E-state index in [1.54, 1.807) is 4.90 Å². The first-order valence-electron chi connectivity index (χ1n) is 10.6. The van der Waals surface area contributed by atoms with Crippen LogP contribution in [-0.4, -0.2) is 33.7 Å². The average Bonchev–Trinajstić information content (AvgIpc) is 3.12. The maximum atomic E-state index is 13.4. The second-order valence-electron chi connectivity index (χ2n) is 7.57. The van der Waals surface area contributed by atoms with Crippen molar-refractivity contribution in [2.75, 3.05) is 6.61 Å². The highest BCUT2D eigenvalue weighted by Crippen LogP contribution is 2.36. The van der Waals surface area contributed by atoms with E-state index in [1.807, 2.05) is 78.9 Å². The van der Waals surface area contributed by atoms with Crippen molar-refractivity contribution in [1.29, 1.82) is 0 Å². The number of amides is 1. The van der Waals surface area contributed by atoms with Gasteiger partial charge in [-0.2, -0.15) is 0 Å². The molecule has 4 rings (SSSR count). The summed E-state index contributed by atoms with van der Waals surface area (Å²) in [5.41, 5.74) is 2.94. The third-order valence-corrected chi connectivity index (χ3v) is 7.62. The van der Waals surface area contributed by atoms with E-state index in [4.69, 9.17) is 14.8 Å². The number of halogens is 2. The predicted molar refractivity (Wildman–Crippen MR) is 155 cm³/mol. The van der Waals surface area contributed by atoms with Crippen molar-refractivity contribution in [2.24, 2.45) is 4.99 Å². The fraction of sp³-hybridized carbons (Fsp3) is 0.115. The molecule has 1 amide bonds. The van der Waals surface area contributed by atoms with Gasteiger partial charge < -0.3 is 9.84 Å². The van der Waals surface area contributed by atoms with Crippen molar-refractivity contribution in [3.05, 3.63) is 102 Å². The molecular weight excluding hydrogens is 690 g/mol. The van der Waals surface area contributed by atoms with E-state index in [9.17, 15) is 9.59 Å². The standard InChI is InChI=1S/C26H20I2N2O4S/c27-20-11-19(12-21(28)24(20)34-16-23(31)32)13-22-25(33)30(15-18-9-5-2-6-10-18)26(35-22)29-14-17-7-3-1-4-8-17/h1-13H,14-16H2,(H,31,32)/b22-13-,29-26?. The highest BCUT2D eigenvalue weighted by Gasteiger charge is 2.33. The van der Waals surface area contributed by atoms with Gasteiger partial charge in [0.25, 0.3) is 5.91 Å². The Bertz CT molecular complexity index is 1270. The molecule has 1 fully saturated rings. The van der Waals surface area contributed by atoms with Crippen LogP contribution >= 0.6 is 56.9 Å². The predicted octanol–water partition coefficient (Wildman–Crippen LogP) is 6.03. The number of amidine groups is 1. The quantitative estimate of drug-likeness (QED) is 0.228. The molecule has 9 heteroatoms. The maximum Gasteiger partial charge on any atom is 0.341 e. The van der Waals surface area contributed by atoms with Crippen LogP contribution in [0.1, 0.15) is 16.7 Å². The van der Waals surface area contributed by atoms with E-state index in [1.165, 1.54) is 11.8 Å². The average molecular weight is 710 g/mol. The molecule has 178 valence electrons. The molecule has 0 radical (unpaired) electrons. The topological polar surface area (TPSA) is 79.2 Å². The molecule has 0 spiro atoms. The number of carboxylic acid groups (broad SMARTS) is 1. The number of aliphatic imine (C=N–C) groups is 1. The first-order chi connectivity index (χ1) is 16.9. The first kappa shape index (κ1) is 25.7. The van der Waals surface area contributed by atoms with E-state index in [2.05, 4.69) is 45.2 Å². The molecule has 3 aromatic carbocycles. The van der Waals surface area contributed by atoms with Crippen molar-refractivity contribution in [3.63, 3.8) is 0 Å². The molecule has 1 aliphatic heterocycles. The highest BCUT2D eigenvalue weighted by molar-refractivity contribution is 14.1. The van der Waals surface area contributed by atoms with Gasteiger partial charge in [-0.05, 0) is 91.8 Å². The number of hydrogen-bond acceptors (Lipinski definition) is 5. The van der Waals surface area contributed by atoms with Gasteiger partial charge in [0.05, 0.1) is 25.1 Å². The minimum Gasteiger partial charge on any atom is -0.480 e. The van der Waals surface area contributed by atoms with Crippen LogP contribution in [0.2, 0.25) is 0 Å². The first-order valence-corrected chi connectivity index (χ1v) is 13.6. The molecule has 1 N–H and O–H groups in total. The lowest BCUT2D eigenvalue weighted by Gasteiger charge is -2.15. The lowest BCUT2D eigenvalue weighted by Crippen LogP contribution is -2.28. The third-order valence-electron chi connectivity index (χ3n) is 4.97. The summed E-state index contributed by atoms with van der Waals surface area (Å²) in [5, 5.41) is 9.57. The van der Waals surface area contributed by atoms with Crippen molar-refractivity contribution in [3.8, 4) is 5.75 Å². The summed E-state index contributed by atoms with van der Waals surface area (Å²) >= 11 is 5.59.